The summed E-state index contributed by atoms with van der Waals surface area (Å²) in [6.45, 7) is 3.74. The molecule has 2 aromatic heterocycles. The van der Waals surface area contributed by atoms with Crippen molar-refractivity contribution in [3.8, 4) is 5.75 Å². The Morgan fingerprint density at radius 2 is 1.86 bits per heavy atom. The molecule has 0 saturated carbocycles. The minimum Gasteiger partial charge on any atom is -0.507 e. The number of likely N-dealkylation sites (tertiary alicyclic amines) is 1. The van der Waals surface area contributed by atoms with Crippen LogP contribution in [0.3, 0.4) is 0 Å². The highest BCUT2D eigenvalue weighted by Gasteiger charge is 2.45. The van der Waals surface area contributed by atoms with E-state index in [1.54, 1.807) is 29.6 Å². The standard InChI is InChI=1S/C27H30N4O4/c1-2-3-4-17-35-22-8-5-7-21(18-22)24-23(25(32)20-9-11-28-12-10-20)26(33)27(34)31(24)15-6-14-30-16-13-29-19-30/h5,7-13,16,18-19,24,32H,2-4,6,14-15,17H2,1H3/b25-23+. The number of ether oxygens (including phenoxy) is 1. The SMILES string of the molecule is CCCCCOc1cccc(C2/C(=C(\O)c3ccncc3)C(=O)C(=O)N2CCCn2ccnc2)c1. The van der Waals surface area contributed by atoms with Crippen molar-refractivity contribution in [2.75, 3.05) is 13.2 Å². The lowest BCUT2D eigenvalue weighted by atomic mass is 9.95. The molecular formula is C27H30N4O4. The van der Waals surface area contributed by atoms with Gasteiger partial charge in [-0.1, -0.05) is 31.9 Å². The van der Waals surface area contributed by atoms with Crippen LogP contribution in [0.4, 0.5) is 0 Å². The van der Waals surface area contributed by atoms with Gasteiger partial charge in [0.2, 0.25) is 0 Å². The molecule has 1 unspecified atom stereocenters. The molecule has 1 aliphatic rings. The van der Waals surface area contributed by atoms with Gasteiger partial charge in [0.15, 0.2) is 0 Å². The maximum Gasteiger partial charge on any atom is 0.295 e. The molecule has 35 heavy (non-hydrogen) atoms. The monoisotopic (exact) mass is 474 g/mol. The van der Waals surface area contributed by atoms with Crippen LogP contribution < -0.4 is 4.74 Å². The number of aromatic nitrogens is 3. The summed E-state index contributed by atoms with van der Waals surface area (Å²) in [5, 5.41) is 11.1. The first-order chi connectivity index (χ1) is 17.1. The normalized spacial score (nSPS) is 17.2. The number of amides is 1. The van der Waals surface area contributed by atoms with Crippen molar-refractivity contribution in [3.63, 3.8) is 0 Å². The van der Waals surface area contributed by atoms with Crippen molar-refractivity contribution in [3.05, 3.63) is 84.2 Å². The number of unbranched alkanes of at least 4 members (excludes halogenated alkanes) is 2. The van der Waals surface area contributed by atoms with E-state index in [0.29, 0.717) is 37.4 Å². The molecule has 1 aliphatic heterocycles. The molecule has 1 amide bonds. The average molecular weight is 475 g/mol. The summed E-state index contributed by atoms with van der Waals surface area (Å²) in [4.78, 5) is 35.9. The second-order valence-electron chi connectivity index (χ2n) is 8.51. The lowest BCUT2D eigenvalue weighted by Gasteiger charge is -2.25. The van der Waals surface area contributed by atoms with Gasteiger partial charge in [-0.25, -0.2) is 4.98 Å². The second kappa shape index (κ2) is 11.5. The van der Waals surface area contributed by atoms with Gasteiger partial charge in [0.25, 0.3) is 11.7 Å². The van der Waals surface area contributed by atoms with Gasteiger partial charge in [-0.2, -0.15) is 0 Å². The predicted octanol–water partition coefficient (Wildman–Crippen LogP) is 4.36. The highest BCUT2D eigenvalue weighted by atomic mass is 16.5. The lowest BCUT2D eigenvalue weighted by molar-refractivity contribution is -0.139. The van der Waals surface area contributed by atoms with E-state index < -0.39 is 17.7 Å². The van der Waals surface area contributed by atoms with Crippen molar-refractivity contribution in [1.82, 2.24) is 19.4 Å². The fourth-order valence-electron chi connectivity index (χ4n) is 4.28. The third-order valence-corrected chi connectivity index (χ3v) is 6.06. The summed E-state index contributed by atoms with van der Waals surface area (Å²) in [7, 11) is 0. The van der Waals surface area contributed by atoms with Gasteiger partial charge in [0.05, 0.1) is 24.5 Å². The number of aliphatic hydroxyl groups excluding tert-OH is 1. The van der Waals surface area contributed by atoms with Gasteiger partial charge in [0, 0.05) is 43.4 Å². The minimum absolute atomic E-state index is 0.0759. The Bertz CT molecular complexity index is 1170. The van der Waals surface area contributed by atoms with E-state index in [2.05, 4.69) is 16.9 Å². The lowest BCUT2D eigenvalue weighted by Crippen LogP contribution is -2.31. The number of ketones is 1. The number of carbonyl (C=O) groups excluding carboxylic acids is 2. The summed E-state index contributed by atoms with van der Waals surface area (Å²) < 4.78 is 7.85. The van der Waals surface area contributed by atoms with Crippen LogP contribution >= 0.6 is 0 Å². The van der Waals surface area contributed by atoms with Gasteiger partial charge >= 0.3 is 0 Å². The van der Waals surface area contributed by atoms with E-state index in [-0.39, 0.29) is 11.3 Å². The summed E-state index contributed by atoms with van der Waals surface area (Å²) in [6, 6.07) is 9.94. The number of Topliss-reactive ketones (excluding diaryl/α,β-unsaturated/α-hetero) is 1. The van der Waals surface area contributed by atoms with E-state index in [1.165, 1.54) is 12.4 Å². The molecule has 1 aromatic carbocycles. The van der Waals surface area contributed by atoms with Crippen LogP contribution in [0, 0.1) is 0 Å². The molecule has 8 heteroatoms. The molecule has 0 spiro atoms. The van der Waals surface area contributed by atoms with E-state index in [9.17, 15) is 14.7 Å². The molecule has 1 saturated heterocycles. The number of hydrogen-bond acceptors (Lipinski definition) is 6. The third-order valence-electron chi connectivity index (χ3n) is 6.06. The van der Waals surface area contributed by atoms with Crippen LogP contribution in [0.25, 0.3) is 5.76 Å². The molecular weight excluding hydrogens is 444 g/mol. The number of aliphatic hydroxyl groups is 1. The van der Waals surface area contributed by atoms with E-state index >= 15 is 0 Å². The fourth-order valence-corrected chi connectivity index (χ4v) is 4.28. The summed E-state index contributed by atoms with van der Waals surface area (Å²) in [5.41, 5.74) is 1.23. The second-order valence-corrected chi connectivity index (χ2v) is 8.51. The maximum absolute atomic E-state index is 13.2. The fraction of sp³-hybridized carbons (Fsp3) is 0.333. The number of hydrogen-bond donors (Lipinski definition) is 1. The summed E-state index contributed by atoms with van der Waals surface area (Å²) in [6.07, 6.45) is 12.1. The van der Waals surface area contributed by atoms with Crippen LogP contribution in [-0.4, -0.2) is 49.4 Å². The number of imidazole rings is 1. The van der Waals surface area contributed by atoms with Crippen molar-refractivity contribution in [2.45, 2.75) is 45.2 Å². The zero-order chi connectivity index (χ0) is 24.6. The number of benzene rings is 1. The quantitative estimate of drug-likeness (QED) is 0.192. The van der Waals surface area contributed by atoms with Crippen LogP contribution in [-0.2, 0) is 16.1 Å². The highest BCUT2D eigenvalue weighted by molar-refractivity contribution is 6.46. The molecule has 3 aromatic rings. The van der Waals surface area contributed by atoms with Crippen molar-refractivity contribution < 1.29 is 19.4 Å². The smallest absolute Gasteiger partial charge is 0.295 e. The summed E-state index contributed by atoms with van der Waals surface area (Å²) in [5.74, 6) is -0.847. The van der Waals surface area contributed by atoms with Crippen LogP contribution in [0.15, 0.2) is 73.1 Å². The van der Waals surface area contributed by atoms with Gasteiger partial charge < -0.3 is 19.3 Å². The zero-order valence-corrected chi connectivity index (χ0v) is 19.8. The zero-order valence-electron chi connectivity index (χ0n) is 19.8. The highest BCUT2D eigenvalue weighted by Crippen LogP contribution is 2.40. The van der Waals surface area contributed by atoms with Gasteiger partial charge in [0.1, 0.15) is 11.5 Å². The Morgan fingerprint density at radius 3 is 2.60 bits per heavy atom. The number of carbonyl (C=O) groups is 2. The van der Waals surface area contributed by atoms with E-state index in [4.69, 9.17) is 4.74 Å². The van der Waals surface area contributed by atoms with Gasteiger partial charge in [-0.05, 0) is 42.7 Å². The molecule has 0 aliphatic carbocycles. The average Bonchev–Trinajstić information content (AvgIpc) is 3.49. The topological polar surface area (TPSA) is 97.5 Å². The van der Waals surface area contributed by atoms with Crippen LogP contribution in [0.2, 0.25) is 0 Å². The van der Waals surface area contributed by atoms with Crippen LogP contribution in [0.5, 0.6) is 5.75 Å². The Labute approximate surface area is 204 Å². The van der Waals surface area contributed by atoms with Crippen molar-refractivity contribution in [1.29, 1.82) is 0 Å². The maximum atomic E-state index is 13.2. The van der Waals surface area contributed by atoms with Crippen molar-refractivity contribution >= 4 is 17.4 Å². The minimum atomic E-state index is -0.717. The largest absolute Gasteiger partial charge is 0.507 e. The van der Waals surface area contributed by atoms with Crippen molar-refractivity contribution in [2.24, 2.45) is 0 Å². The van der Waals surface area contributed by atoms with Crippen LogP contribution in [0.1, 0.15) is 49.8 Å². The Kier molecular flexibility index (Phi) is 7.92. The molecule has 8 nitrogen and oxygen atoms in total. The Morgan fingerprint density at radius 1 is 1.03 bits per heavy atom. The first-order valence-corrected chi connectivity index (χ1v) is 12.0. The number of nitrogens with zero attached hydrogens (tertiary/aromatic N) is 4. The van der Waals surface area contributed by atoms with E-state index in [1.807, 2.05) is 35.0 Å². The van der Waals surface area contributed by atoms with Gasteiger partial charge in [-0.15, -0.1) is 0 Å². The summed E-state index contributed by atoms with van der Waals surface area (Å²) >= 11 is 0. The first kappa shape index (κ1) is 24.2. The molecule has 4 rings (SSSR count). The predicted molar refractivity (Wildman–Crippen MR) is 132 cm³/mol. The molecule has 1 atom stereocenters. The molecule has 0 radical (unpaired) electrons. The molecule has 182 valence electrons. The Hall–Kier alpha value is -3.94. The number of pyridine rings is 1. The number of rotatable bonds is 11. The molecule has 1 N–H and O–H groups in total. The first-order valence-electron chi connectivity index (χ1n) is 12.0. The van der Waals surface area contributed by atoms with Gasteiger partial charge in [-0.3, -0.25) is 14.6 Å². The third kappa shape index (κ3) is 5.59. The van der Waals surface area contributed by atoms with E-state index in [0.717, 1.165) is 24.8 Å². The number of aryl methyl sites for hydroxylation is 1. The molecule has 1 fully saturated rings. The molecule has 3 heterocycles. The Balaban J connectivity index is 1.67. The molecule has 0 bridgehead atoms.